The summed E-state index contributed by atoms with van der Waals surface area (Å²) in [5, 5.41) is 7.10. The number of hydrogen-bond donors (Lipinski definition) is 1. The standard InChI is InChI=1S/C20H20N4O3/c1-14-5-2-3-7-17(14)22-20(25)24-10-8-19-16(12-24)18(23-27-19)13-26-15-6-4-9-21-11-15/h2-7,9,11H,8,10,12-13H2,1H3,(H,22,25). The first-order chi connectivity index (χ1) is 13.2. The normalized spacial score (nSPS) is 13.1. The zero-order valence-corrected chi connectivity index (χ0v) is 15.0. The maximum Gasteiger partial charge on any atom is 0.322 e. The number of ether oxygens (including phenoxy) is 1. The highest BCUT2D eigenvalue weighted by Gasteiger charge is 2.27. The molecule has 27 heavy (non-hydrogen) atoms. The van der Waals surface area contributed by atoms with Crippen LogP contribution in [0.25, 0.3) is 0 Å². The molecule has 1 N–H and O–H groups in total. The number of carbonyl (C=O) groups excluding carboxylic acids is 1. The molecule has 0 aliphatic carbocycles. The van der Waals surface area contributed by atoms with E-state index in [2.05, 4.69) is 15.5 Å². The van der Waals surface area contributed by atoms with Crippen LogP contribution in [-0.2, 0) is 19.6 Å². The van der Waals surface area contributed by atoms with Crippen molar-refractivity contribution in [2.24, 2.45) is 0 Å². The van der Waals surface area contributed by atoms with Gasteiger partial charge in [-0.05, 0) is 30.7 Å². The van der Waals surface area contributed by atoms with Crippen molar-refractivity contribution < 1.29 is 14.1 Å². The summed E-state index contributed by atoms with van der Waals surface area (Å²) in [5.74, 6) is 1.49. The molecule has 2 amide bonds. The SMILES string of the molecule is Cc1ccccc1NC(=O)N1CCc2onc(COc3cccnc3)c2C1. The van der Waals surface area contributed by atoms with E-state index in [-0.39, 0.29) is 12.6 Å². The Balaban J connectivity index is 1.44. The van der Waals surface area contributed by atoms with Crippen molar-refractivity contribution in [3.05, 3.63) is 71.4 Å². The van der Waals surface area contributed by atoms with Gasteiger partial charge < -0.3 is 19.5 Å². The molecular formula is C20H20N4O3. The number of urea groups is 1. The van der Waals surface area contributed by atoms with Crippen molar-refractivity contribution in [1.82, 2.24) is 15.0 Å². The number of hydrogen-bond acceptors (Lipinski definition) is 5. The lowest BCUT2D eigenvalue weighted by atomic mass is 10.1. The molecule has 1 aliphatic rings. The van der Waals surface area contributed by atoms with Crippen molar-refractivity contribution in [2.75, 3.05) is 11.9 Å². The average Bonchev–Trinajstić information content (AvgIpc) is 3.11. The number of rotatable bonds is 4. The van der Waals surface area contributed by atoms with Gasteiger partial charge in [-0.25, -0.2) is 4.79 Å². The van der Waals surface area contributed by atoms with Gasteiger partial charge in [0.25, 0.3) is 0 Å². The van der Waals surface area contributed by atoms with E-state index in [1.54, 1.807) is 17.3 Å². The van der Waals surface area contributed by atoms with Crippen LogP contribution < -0.4 is 10.1 Å². The number of anilines is 1. The number of para-hydroxylation sites is 1. The second-order valence-corrected chi connectivity index (χ2v) is 6.43. The number of aromatic nitrogens is 2. The van der Waals surface area contributed by atoms with E-state index in [1.165, 1.54) is 0 Å². The van der Waals surface area contributed by atoms with E-state index in [0.717, 1.165) is 22.6 Å². The molecule has 2 aromatic heterocycles. The molecule has 3 aromatic rings. The summed E-state index contributed by atoms with van der Waals surface area (Å²) in [6.45, 7) is 3.28. The van der Waals surface area contributed by atoms with Crippen LogP contribution in [0.1, 0.15) is 22.6 Å². The lowest BCUT2D eigenvalue weighted by molar-refractivity contribution is 0.202. The first kappa shape index (κ1) is 17.1. The second kappa shape index (κ2) is 7.49. The van der Waals surface area contributed by atoms with Crippen LogP contribution in [0, 0.1) is 6.92 Å². The monoisotopic (exact) mass is 364 g/mol. The number of pyridine rings is 1. The Morgan fingerprint density at radius 2 is 2.19 bits per heavy atom. The van der Waals surface area contributed by atoms with Gasteiger partial charge in [0.15, 0.2) is 0 Å². The van der Waals surface area contributed by atoms with Crippen molar-refractivity contribution >= 4 is 11.7 Å². The molecule has 1 aromatic carbocycles. The third-order valence-electron chi connectivity index (χ3n) is 4.59. The minimum absolute atomic E-state index is 0.129. The smallest absolute Gasteiger partial charge is 0.322 e. The maximum absolute atomic E-state index is 12.7. The van der Waals surface area contributed by atoms with E-state index in [0.29, 0.717) is 31.0 Å². The van der Waals surface area contributed by atoms with Gasteiger partial charge in [-0.3, -0.25) is 4.98 Å². The zero-order chi connectivity index (χ0) is 18.6. The van der Waals surface area contributed by atoms with E-state index >= 15 is 0 Å². The fourth-order valence-electron chi connectivity index (χ4n) is 3.04. The van der Waals surface area contributed by atoms with Crippen LogP contribution in [0.15, 0.2) is 53.3 Å². The molecule has 0 spiro atoms. The van der Waals surface area contributed by atoms with Crippen LogP contribution in [0.2, 0.25) is 0 Å². The lowest BCUT2D eigenvalue weighted by Gasteiger charge is -2.26. The minimum atomic E-state index is -0.129. The first-order valence-electron chi connectivity index (χ1n) is 8.81. The summed E-state index contributed by atoms with van der Waals surface area (Å²) in [5.41, 5.74) is 3.48. The van der Waals surface area contributed by atoms with Gasteiger partial charge >= 0.3 is 6.03 Å². The highest BCUT2D eigenvalue weighted by atomic mass is 16.5. The van der Waals surface area contributed by atoms with Gasteiger partial charge in [0.2, 0.25) is 0 Å². The molecule has 7 nitrogen and oxygen atoms in total. The number of aryl methyl sites for hydroxylation is 1. The highest BCUT2D eigenvalue weighted by Crippen LogP contribution is 2.24. The third kappa shape index (κ3) is 3.76. The molecule has 0 atom stereocenters. The Labute approximate surface area is 156 Å². The first-order valence-corrected chi connectivity index (χ1v) is 8.81. The van der Waals surface area contributed by atoms with E-state index < -0.39 is 0 Å². The summed E-state index contributed by atoms with van der Waals surface area (Å²) in [6, 6.07) is 11.2. The number of nitrogens with one attached hydrogen (secondary N) is 1. The Hall–Kier alpha value is -3.35. The topological polar surface area (TPSA) is 80.5 Å². The second-order valence-electron chi connectivity index (χ2n) is 6.43. The summed E-state index contributed by atoms with van der Waals surface area (Å²) in [7, 11) is 0. The van der Waals surface area contributed by atoms with Crippen LogP contribution in [-0.4, -0.2) is 27.6 Å². The van der Waals surface area contributed by atoms with Crippen molar-refractivity contribution in [3.63, 3.8) is 0 Å². The molecule has 0 fully saturated rings. The van der Waals surface area contributed by atoms with E-state index in [1.807, 2.05) is 43.3 Å². The van der Waals surface area contributed by atoms with Crippen LogP contribution in [0.3, 0.4) is 0 Å². The number of nitrogens with zero attached hydrogens (tertiary/aromatic N) is 3. The van der Waals surface area contributed by atoms with E-state index in [9.17, 15) is 4.79 Å². The molecule has 1 aliphatic heterocycles. The number of benzene rings is 1. The Bertz CT molecular complexity index is 939. The molecule has 0 unspecified atom stereocenters. The number of carbonyl (C=O) groups is 1. The molecule has 0 bridgehead atoms. The lowest BCUT2D eigenvalue weighted by Crippen LogP contribution is -2.39. The molecule has 0 saturated heterocycles. The summed E-state index contributed by atoms with van der Waals surface area (Å²) in [6.07, 6.45) is 3.97. The molecule has 3 heterocycles. The fourth-order valence-corrected chi connectivity index (χ4v) is 3.04. The van der Waals surface area contributed by atoms with Gasteiger partial charge in [-0.1, -0.05) is 23.4 Å². The average molecular weight is 364 g/mol. The maximum atomic E-state index is 12.7. The quantitative estimate of drug-likeness (QED) is 0.766. The Kier molecular flexibility index (Phi) is 4.74. The number of fused-ring (bicyclic) bond motifs is 1. The van der Waals surface area contributed by atoms with Crippen molar-refractivity contribution in [1.29, 1.82) is 0 Å². The van der Waals surface area contributed by atoms with Gasteiger partial charge in [0.1, 0.15) is 23.8 Å². The van der Waals surface area contributed by atoms with Crippen molar-refractivity contribution in [2.45, 2.75) is 26.5 Å². The molecule has 0 saturated carbocycles. The van der Waals surface area contributed by atoms with Gasteiger partial charge in [-0.2, -0.15) is 0 Å². The highest BCUT2D eigenvalue weighted by molar-refractivity contribution is 5.90. The number of amides is 2. The third-order valence-corrected chi connectivity index (χ3v) is 4.59. The summed E-state index contributed by atoms with van der Waals surface area (Å²) >= 11 is 0. The minimum Gasteiger partial charge on any atom is -0.486 e. The summed E-state index contributed by atoms with van der Waals surface area (Å²) in [4.78, 5) is 18.5. The van der Waals surface area contributed by atoms with Gasteiger partial charge in [-0.15, -0.1) is 0 Å². The molecular weight excluding hydrogens is 344 g/mol. The molecule has 4 rings (SSSR count). The van der Waals surface area contributed by atoms with Crippen LogP contribution >= 0.6 is 0 Å². The molecule has 138 valence electrons. The predicted octanol–water partition coefficient (Wildman–Crippen LogP) is 3.55. The Morgan fingerprint density at radius 3 is 3.00 bits per heavy atom. The van der Waals surface area contributed by atoms with Crippen LogP contribution in [0.5, 0.6) is 5.75 Å². The van der Waals surface area contributed by atoms with E-state index in [4.69, 9.17) is 9.26 Å². The molecule has 7 heteroatoms. The fraction of sp³-hybridized carbons (Fsp3) is 0.250. The predicted molar refractivity (Wildman–Crippen MR) is 99.4 cm³/mol. The Morgan fingerprint density at radius 1 is 1.30 bits per heavy atom. The van der Waals surface area contributed by atoms with Gasteiger partial charge in [0.05, 0.1) is 12.7 Å². The van der Waals surface area contributed by atoms with Gasteiger partial charge in [0, 0.05) is 30.4 Å². The largest absolute Gasteiger partial charge is 0.486 e. The van der Waals surface area contributed by atoms with Crippen molar-refractivity contribution in [3.8, 4) is 5.75 Å². The zero-order valence-electron chi connectivity index (χ0n) is 15.0. The molecule has 0 radical (unpaired) electrons. The summed E-state index contributed by atoms with van der Waals surface area (Å²) < 4.78 is 11.2. The van der Waals surface area contributed by atoms with Crippen LogP contribution in [0.4, 0.5) is 10.5 Å².